The number of alkyl halides is 11. The van der Waals surface area contributed by atoms with Crippen LogP contribution in [-0.4, -0.2) is 40.9 Å². The number of carboxylic acids is 1. The molecule has 0 aliphatic heterocycles. The van der Waals surface area contributed by atoms with Crippen molar-refractivity contribution in [1.82, 2.24) is 0 Å². The van der Waals surface area contributed by atoms with E-state index in [9.17, 15) is 53.1 Å². The van der Waals surface area contributed by atoms with Gasteiger partial charge in [-0.1, -0.05) is 0 Å². The molecule has 0 aliphatic carbocycles. The van der Waals surface area contributed by atoms with Crippen molar-refractivity contribution in [3.63, 3.8) is 0 Å². The van der Waals surface area contributed by atoms with E-state index in [2.05, 4.69) is 0 Å². The van der Waals surface area contributed by atoms with Gasteiger partial charge >= 0.3 is 35.8 Å². The molecule has 0 fully saturated rings. The van der Waals surface area contributed by atoms with Gasteiger partial charge in [0.2, 0.25) is 0 Å². The average Bonchev–Trinajstić information content (AvgIpc) is 2.11. The molecule has 0 rings (SSSR count). The van der Waals surface area contributed by atoms with Crippen LogP contribution in [0.1, 0.15) is 0 Å². The average molecular weight is 314 g/mol. The molecule has 19 heavy (non-hydrogen) atoms. The molecule has 1 N–H and O–H groups in total. The number of halogens is 11. The summed E-state index contributed by atoms with van der Waals surface area (Å²) in [6.07, 6.45) is -14.5. The van der Waals surface area contributed by atoms with Crippen LogP contribution in [0.2, 0.25) is 0 Å². The van der Waals surface area contributed by atoms with E-state index in [1.165, 1.54) is 0 Å². The first-order valence-corrected chi connectivity index (χ1v) is 3.76. The molecule has 0 aliphatic rings. The van der Waals surface area contributed by atoms with Gasteiger partial charge in [0, 0.05) is 0 Å². The van der Waals surface area contributed by atoms with Crippen LogP contribution in [0.15, 0.2) is 0 Å². The third kappa shape index (κ3) is 2.18. The summed E-state index contributed by atoms with van der Waals surface area (Å²) in [7, 11) is 0. The summed E-state index contributed by atoms with van der Waals surface area (Å²) in [5.74, 6) is -19.4. The highest BCUT2D eigenvalue weighted by molar-refractivity contribution is 5.80. The minimum atomic E-state index is -7.61. The second kappa shape index (κ2) is 4.10. The first-order chi connectivity index (χ1) is 7.94. The van der Waals surface area contributed by atoms with Crippen LogP contribution in [0.3, 0.4) is 0 Å². The van der Waals surface area contributed by atoms with E-state index in [1.807, 2.05) is 0 Å². The summed E-state index contributed by atoms with van der Waals surface area (Å²) in [6.45, 7) is 0. The van der Waals surface area contributed by atoms with Gasteiger partial charge in [0.1, 0.15) is 0 Å². The number of aliphatic carboxylic acids is 1. The summed E-state index contributed by atoms with van der Waals surface area (Å²) in [5.41, 5.74) is -7.11. The Bertz CT molecular complexity index is 366. The molecule has 0 radical (unpaired) electrons. The Morgan fingerprint density at radius 3 is 1.11 bits per heavy atom. The van der Waals surface area contributed by atoms with Crippen molar-refractivity contribution < 1.29 is 58.2 Å². The van der Waals surface area contributed by atoms with Crippen molar-refractivity contribution in [2.45, 2.75) is 29.9 Å². The topological polar surface area (TPSA) is 37.3 Å². The fourth-order valence-corrected chi connectivity index (χ4v) is 0.828. The fraction of sp³-hybridized carbons (Fsp3) is 0.833. The Hall–Kier alpha value is -1.30. The molecule has 0 heterocycles. The van der Waals surface area contributed by atoms with E-state index in [0.717, 1.165) is 0 Å². The van der Waals surface area contributed by atoms with Crippen molar-refractivity contribution >= 4 is 5.97 Å². The Morgan fingerprint density at radius 1 is 0.632 bits per heavy atom. The lowest BCUT2D eigenvalue weighted by atomic mass is 9.91. The molecule has 0 aromatic heterocycles. The fourth-order valence-electron chi connectivity index (χ4n) is 0.828. The maximum Gasteiger partial charge on any atom is 0.460 e. The molecule has 114 valence electrons. The summed E-state index contributed by atoms with van der Waals surface area (Å²) >= 11 is 0. The number of hydrogen-bond acceptors (Lipinski definition) is 1. The van der Waals surface area contributed by atoms with Crippen LogP contribution < -0.4 is 0 Å². The highest BCUT2D eigenvalue weighted by Gasteiger charge is 2.89. The van der Waals surface area contributed by atoms with Crippen LogP contribution in [0.25, 0.3) is 0 Å². The Balaban J connectivity index is 6.21. The zero-order chi connectivity index (χ0) is 16.1. The van der Waals surface area contributed by atoms with Gasteiger partial charge in [0.25, 0.3) is 0 Å². The maximum atomic E-state index is 12.8. The molecule has 1 unspecified atom stereocenters. The van der Waals surface area contributed by atoms with Crippen LogP contribution in [-0.2, 0) is 4.79 Å². The summed E-state index contributed by atoms with van der Waals surface area (Å²) < 4.78 is 132. The molecular formula is C6HF11O2. The molecule has 0 saturated carbocycles. The molecule has 0 spiro atoms. The van der Waals surface area contributed by atoms with Gasteiger partial charge in [-0.2, -0.15) is 43.9 Å². The monoisotopic (exact) mass is 314 g/mol. The minimum Gasteiger partial charge on any atom is -0.478 e. The Kier molecular flexibility index (Phi) is 3.82. The molecule has 0 amide bonds. The Morgan fingerprint density at radius 2 is 0.947 bits per heavy atom. The Labute approximate surface area is 95.3 Å². The second-order valence-electron chi connectivity index (χ2n) is 3.11. The van der Waals surface area contributed by atoms with Crippen LogP contribution in [0.5, 0.6) is 0 Å². The molecule has 2 nitrogen and oxygen atoms in total. The maximum absolute atomic E-state index is 12.8. The SMILES string of the molecule is O=C(O)C(F)(C(F)(F)F)C(F)(F)C(F)(F)C(F)(F)F. The van der Waals surface area contributed by atoms with Crippen molar-refractivity contribution in [1.29, 1.82) is 0 Å². The highest BCUT2D eigenvalue weighted by atomic mass is 19.4. The van der Waals surface area contributed by atoms with E-state index >= 15 is 0 Å². The lowest BCUT2D eigenvalue weighted by Crippen LogP contribution is -2.70. The van der Waals surface area contributed by atoms with Gasteiger partial charge in [0.15, 0.2) is 0 Å². The molecule has 1 atom stereocenters. The molecule has 0 bridgehead atoms. The van der Waals surface area contributed by atoms with Gasteiger partial charge in [-0.15, -0.1) is 0 Å². The number of hydrogen-bond donors (Lipinski definition) is 1. The minimum absolute atomic E-state index is 4.23. The number of rotatable bonds is 3. The molecular weight excluding hydrogens is 313 g/mol. The zero-order valence-corrected chi connectivity index (χ0v) is 8.01. The van der Waals surface area contributed by atoms with E-state index in [4.69, 9.17) is 5.11 Å². The van der Waals surface area contributed by atoms with Crippen LogP contribution in [0, 0.1) is 0 Å². The smallest absolute Gasteiger partial charge is 0.460 e. The molecule has 0 saturated heterocycles. The zero-order valence-electron chi connectivity index (χ0n) is 8.01. The van der Waals surface area contributed by atoms with E-state index in [-0.39, 0.29) is 0 Å². The van der Waals surface area contributed by atoms with Crippen LogP contribution in [0.4, 0.5) is 48.3 Å². The van der Waals surface area contributed by atoms with Crippen LogP contribution >= 0.6 is 0 Å². The standard InChI is InChI=1S/C6HF11O2/c7-2(1(18)19,5(12,13)14)3(8,9)4(10,11)6(15,16)17/h(H,18,19). The van der Waals surface area contributed by atoms with E-state index in [1.54, 1.807) is 0 Å². The van der Waals surface area contributed by atoms with Gasteiger partial charge in [-0.05, 0) is 0 Å². The molecule has 13 heteroatoms. The van der Waals surface area contributed by atoms with Crippen molar-refractivity contribution in [3.8, 4) is 0 Å². The third-order valence-electron chi connectivity index (χ3n) is 1.87. The normalized spacial score (nSPS) is 18.1. The lowest BCUT2D eigenvalue weighted by Gasteiger charge is -2.36. The largest absolute Gasteiger partial charge is 0.478 e. The van der Waals surface area contributed by atoms with E-state index < -0.39 is 35.8 Å². The van der Waals surface area contributed by atoms with Gasteiger partial charge in [-0.25, -0.2) is 9.18 Å². The van der Waals surface area contributed by atoms with E-state index in [0.29, 0.717) is 0 Å². The quantitative estimate of drug-likeness (QED) is 0.813. The first kappa shape index (κ1) is 17.7. The van der Waals surface area contributed by atoms with Crippen molar-refractivity contribution in [2.24, 2.45) is 0 Å². The predicted molar refractivity (Wildman–Crippen MR) is 33.5 cm³/mol. The summed E-state index contributed by atoms with van der Waals surface area (Å²) in [6, 6.07) is 0. The predicted octanol–water partition coefficient (Wildman–Crippen LogP) is 3.17. The highest BCUT2D eigenvalue weighted by Crippen LogP contribution is 2.56. The summed E-state index contributed by atoms with van der Waals surface area (Å²) in [5, 5.41) is 7.66. The van der Waals surface area contributed by atoms with Gasteiger partial charge in [-0.3, -0.25) is 0 Å². The summed E-state index contributed by atoms with van der Waals surface area (Å²) in [4.78, 5) is 9.81. The van der Waals surface area contributed by atoms with Gasteiger partial charge in [0.05, 0.1) is 0 Å². The second-order valence-corrected chi connectivity index (χ2v) is 3.11. The molecule has 0 aromatic carbocycles. The molecule has 0 aromatic rings. The number of carbonyl (C=O) groups is 1. The lowest BCUT2D eigenvalue weighted by molar-refractivity contribution is -0.404. The van der Waals surface area contributed by atoms with Gasteiger partial charge < -0.3 is 5.11 Å². The first-order valence-electron chi connectivity index (χ1n) is 3.76. The third-order valence-corrected chi connectivity index (χ3v) is 1.87. The van der Waals surface area contributed by atoms with Crippen molar-refractivity contribution in [2.75, 3.05) is 0 Å². The number of carboxylic acid groups (broad SMARTS) is 1. The van der Waals surface area contributed by atoms with Crippen molar-refractivity contribution in [3.05, 3.63) is 0 Å².